The van der Waals surface area contributed by atoms with Gasteiger partial charge in [0.1, 0.15) is 0 Å². The Morgan fingerprint density at radius 3 is 3.10 bits per heavy atom. The Bertz CT molecular complexity index is 258. The lowest BCUT2D eigenvalue weighted by Crippen LogP contribution is -1.87. The molecule has 0 aliphatic heterocycles. The molecule has 0 fully saturated rings. The Hall–Kier alpha value is -1.29. The Balaban J connectivity index is 2.94. The lowest BCUT2D eigenvalue weighted by molar-refractivity contribution is 1.17. The van der Waals surface area contributed by atoms with E-state index in [-0.39, 0.29) is 0 Å². The highest BCUT2D eigenvalue weighted by Gasteiger charge is 1.92. The van der Waals surface area contributed by atoms with Crippen LogP contribution in [0.1, 0.15) is 11.1 Å². The van der Waals surface area contributed by atoms with Crippen molar-refractivity contribution in [2.75, 3.05) is 0 Å². The Kier molecular flexibility index (Phi) is 2.07. The van der Waals surface area contributed by atoms with Crippen LogP contribution >= 0.6 is 0 Å². The monoisotopic (exact) mass is 131 g/mol. The normalized spacial score (nSPS) is 8.80. The molecule has 0 unspecified atom stereocenters. The third kappa shape index (κ3) is 1.35. The maximum Gasteiger partial charge on any atom is 0.0355 e. The minimum atomic E-state index is 0.680. The summed E-state index contributed by atoms with van der Waals surface area (Å²) in [5, 5.41) is 0. The van der Waals surface area contributed by atoms with Crippen LogP contribution in [-0.2, 0) is 6.42 Å². The third-order valence-electron chi connectivity index (χ3n) is 1.44. The molecule has 10 heavy (non-hydrogen) atoms. The van der Waals surface area contributed by atoms with Crippen molar-refractivity contribution in [1.82, 2.24) is 4.98 Å². The molecule has 1 heteroatoms. The average Bonchev–Trinajstić information content (AvgIpc) is 1.94. The fraction of sp³-hybridized carbons (Fsp3) is 0.222. The number of aromatic nitrogens is 1. The summed E-state index contributed by atoms with van der Waals surface area (Å²) in [6.45, 7) is 2.04. The van der Waals surface area contributed by atoms with E-state index in [1.165, 1.54) is 5.56 Å². The number of rotatable bonds is 1. The molecule has 0 saturated heterocycles. The third-order valence-corrected chi connectivity index (χ3v) is 1.44. The molecule has 0 amide bonds. The van der Waals surface area contributed by atoms with Crippen molar-refractivity contribution in [1.29, 1.82) is 0 Å². The van der Waals surface area contributed by atoms with Gasteiger partial charge in [-0.15, -0.1) is 12.3 Å². The largest absolute Gasteiger partial charge is 0.264 e. The van der Waals surface area contributed by atoms with Crippen LogP contribution in [0.3, 0.4) is 0 Å². The maximum atomic E-state index is 5.15. The molecule has 0 spiro atoms. The van der Waals surface area contributed by atoms with E-state index in [4.69, 9.17) is 6.42 Å². The van der Waals surface area contributed by atoms with Crippen LogP contribution in [0, 0.1) is 19.3 Å². The topological polar surface area (TPSA) is 12.9 Å². The molecule has 0 radical (unpaired) electrons. The fourth-order valence-corrected chi connectivity index (χ4v) is 0.792. The van der Waals surface area contributed by atoms with Gasteiger partial charge in [-0.3, -0.25) is 4.98 Å². The van der Waals surface area contributed by atoms with E-state index >= 15 is 0 Å². The Morgan fingerprint density at radius 1 is 1.70 bits per heavy atom. The predicted octanol–water partition coefficient (Wildman–Crippen LogP) is 1.57. The lowest BCUT2D eigenvalue weighted by Gasteiger charge is -1.97. The van der Waals surface area contributed by atoms with Crippen molar-refractivity contribution in [2.24, 2.45) is 0 Å². The first kappa shape index (κ1) is 6.82. The minimum Gasteiger partial charge on any atom is -0.264 e. The minimum absolute atomic E-state index is 0.680. The second-order valence-corrected chi connectivity index (χ2v) is 2.18. The molecule has 1 rings (SSSR count). The number of nitrogens with zero attached hydrogens (tertiary/aromatic N) is 1. The van der Waals surface area contributed by atoms with Gasteiger partial charge in [-0.1, -0.05) is 0 Å². The number of hydrogen-bond donors (Lipinski definition) is 0. The molecule has 1 aromatic heterocycles. The Labute approximate surface area is 61.1 Å². The van der Waals surface area contributed by atoms with Crippen molar-refractivity contribution in [3.63, 3.8) is 0 Å². The summed E-state index contributed by atoms with van der Waals surface area (Å²) in [5.41, 5.74) is 2.36. The van der Waals surface area contributed by atoms with Gasteiger partial charge in [0.05, 0.1) is 0 Å². The zero-order valence-corrected chi connectivity index (χ0v) is 5.96. The lowest BCUT2D eigenvalue weighted by atomic mass is 10.1. The van der Waals surface area contributed by atoms with Gasteiger partial charge in [0.15, 0.2) is 0 Å². The molecule has 0 aliphatic rings. The van der Waals surface area contributed by atoms with Gasteiger partial charge < -0.3 is 0 Å². The van der Waals surface area contributed by atoms with Crippen molar-refractivity contribution in [3.8, 4) is 12.3 Å². The molecule has 1 nitrogen and oxygen atoms in total. The smallest absolute Gasteiger partial charge is 0.0355 e. The average molecular weight is 131 g/mol. The van der Waals surface area contributed by atoms with Crippen LogP contribution in [0.5, 0.6) is 0 Å². The molecule has 0 atom stereocenters. The van der Waals surface area contributed by atoms with E-state index in [0.717, 1.165) is 5.56 Å². The molecule has 1 aromatic rings. The molecular formula is C9H9N. The van der Waals surface area contributed by atoms with Crippen molar-refractivity contribution in [3.05, 3.63) is 29.6 Å². The molecule has 0 N–H and O–H groups in total. The zero-order valence-electron chi connectivity index (χ0n) is 5.96. The summed E-state index contributed by atoms with van der Waals surface area (Å²) in [5.74, 6) is 2.58. The highest BCUT2D eigenvalue weighted by molar-refractivity contribution is 5.24. The van der Waals surface area contributed by atoms with Crippen LogP contribution < -0.4 is 0 Å². The zero-order chi connectivity index (χ0) is 7.40. The number of pyridine rings is 1. The summed E-state index contributed by atoms with van der Waals surface area (Å²) in [6, 6.07) is 1.96. The van der Waals surface area contributed by atoms with Gasteiger partial charge in [0.2, 0.25) is 0 Å². The summed E-state index contributed by atoms with van der Waals surface area (Å²) < 4.78 is 0. The highest BCUT2D eigenvalue weighted by atomic mass is 14.6. The van der Waals surface area contributed by atoms with Gasteiger partial charge >= 0.3 is 0 Å². The molecule has 0 aliphatic carbocycles. The molecular weight excluding hydrogens is 122 g/mol. The van der Waals surface area contributed by atoms with Crippen LogP contribution in [0.15, 0.2) is 18.5 Å². The summed E-state index contributed by atoms with van der Waals surface area (Å²) in [4.78, 5) is 3.97. The number of aryl methyl sites for hydroxylation is 1. The first-order valence-electron chi connectivity index (χ1n) is 3.17. The second-order valence-electron chi connectivity index (χ2n) is 2.18. The van der Waals surface area contributed by atoms with Gasteiger partial charge in [-0.2, -0.15) is 0 Å². The summed E-state index contributed by atoms with van der Waals surface area (Å²) in [6.07, 6.45) is 9.42. The number of terminal acetylenes is 1. The summed E-state index contributed by atoms with van der Waals surface area (Å²) >= 11 is 0. The van der Waals surface area contributed by atoms with Gasteiger partial charge in [0, 0.05) is 18.8 Å². The van der Waals surface area contributed by atoms with E-state index in [1.807, 2.05) is 19.2 Å². The molecule has 0 saturated carbocycles. The van der Waals surface area contributed by atoms with Crippen molar-refractivity contribution >= 4 is 0 Å². The first-order chi connectivity index (χ1) is 4.84. The van der Waals surface area contributed by atoms with Crippen LogP contribution in [0.2, 0.25) is 0 Å². The van der Waals surface area contributed by atoms with Crippen molar-refractivity contribution < 1.29 is 0 Å². The SMILES string of the molecule is C#CCc1cnccc1C. The first-order valence-corrected chi connectivity index (χ1v) is 3.17. The molecule has 50 valence electrons. The van der Waals surface area contributed by atoms with E-state index in [1.54, 1.807) is 6.20 Å². The van der Waals surface area contributed by atoms with E-state index in [9.17, 15) is 0 Å². The maximum absolute atomic E-state index is 5.15. The quantitative estimate of drug-likeness (QED) is 0.527. The van der Waals surface area contributed by atoms with Crippen LogP contribution in [0.25, 0.3) is 0 Å². The second kappa shape index (κ2) is 3.03. The van der Waals surface area contributed by atoms with E-state index in [2.05, 4.69) is 10.9 Å². The van der Waals surface area contributed by atoms with Crippen molar-refractivity contribution in [2.45, 2.75) is 13.3 Å². The van der Waals surface area contributed by atoms with Gasteiger partial charge in [0.25, 0.3) is 0 Å². The van der Waals surface area contributed by atoms with Gasteiger partial charge in [-0.25, -0.2) is 0 Å². The molecule has 1 heterocycles. The van der Waals surface area contributed by atoms with Gasteiger partial charge in [-0.05, 0) is 24.1 Å². The predicted molar refractivity (Wildman–Crippen MR) is 41.5 cm³/mol. The summed E-state index contributed by atoms with van der Waals surface area (Å²) in [7, 11) is 0. The van der Waals surface area contributed by atoms with Crippen LogP contribution in [0.4, 0.5) is 0 Å². The van der Waals surface area contributed by atoms with E-state index < -0.39 is 0 Å². The highest BCUT2D eigenvalue weighted by Crippen LogP contribution is 2.03. The number of hydrogen-bond acceptors (Lipinski definition) is 1. The molecule has 0 aromatic carbocycles. The fourth-order valence-electron chi connectivity index (χ4n) is 0.792. The van der Waals surface area contributed by atoms with Crippen LogP contribution in [-0.4, -0.2) is 4.98 Å². The van der Waals surface area contributed by atoms with E-state index in [0.29, 0.717) is 6.42 Å². The standard InChI is InChI=1S/C9H9N/c1-3-4-9-7-10-6-5-8(9)2/h1,5-7H,4H2,2H3. The Morgan fingerprint density at radius 2 is 2.50 bits per heavy atom. The molecule has 0 bridgehead atoms.